The maximum Gasteiger partial charge on any atom is 0.271 e. The molecular weight excluding hydrogens is 349 g/mol. The molecule has 0 bridgehead atoms. The van der Waals surface area contributed by atoms with Crippen molar-refractivity contribution >= 4 is 5.91 Å². The summed E-state index contributed by atoms with van der Waals surface area (Å²) in [5.74, 6) is -0.607. The largest absolute Gasteiger partial charge is 0.464 e. The van der Waals surface area contributed by atoms with Crippen LogP contribution in [0.1, 0.15) is 12.5 Å². The van der Waals surface area contributed by atoms with Crippen LogP contribution in [0.15, 0.2) is 71.5 Å². The molecule has 0 aliphatic rings. The monoisotopic (exact) mass is 367 g/mol. The maximum atomic E-state index is 13.1. The number of aromatic nitrogens is 2. The molecule has 0 aliphatic heterocycles. The molecule has 1 N–H and O–H groups in total. The summed E-state index contributed by atoms with van der Waals surface area (Å²) in [7, 11) is 0. The highest BCUT2D eigenvalue weighted by atomic mass is 19.1. The molecule has 3 rings (SSSR count). The Balaban J connectivity index is 1.67. The minimum atomic E-state index is -0.805. The van der Waals surface area contributed by atoms with Crippen molar-refractivity contribution in [2.75, 3.05) is 0 Å². The summed E-state index contributed by atoms with van der Waals surface area (Å²) in [5, 5.41) is 6.87. The second-order valence-corrected chi connectivity index (χ2v) is 5.86. The fourth-order valence-corrected chi connectivity index (χ4v) is 2.39. The lowest BCUT2D eigenvalue weighted by molar-refractivity contribution is -0.127. The van der Waals surface area contributed by atoms with Crippen LogP contribution < -0.4 is 15.6 Å². The van der Waals surface area contributed by atoms with Gasteiger partial charge in [0, 0.05) is 18.7 Å². The van der Waals surface area contributed by atoms with E-state index in [-0.39, 0.29) is 11.8 Å². The van der Waals surface area contributed by atoms with Gasteiger partial charge in [-0.1, -0.05) is 30.3 Å². The van der Waals surface area contributed by atoms with Gasteiger partial charge in [0.2, 0.25) is 5.88 Å². The van der Waals surface area contributed by atoms with Gasteiger partial charge in [0.05, 0.1) is 5.69 Å². The Morgan fingerprint density at radius 1 is 1.11 bits per heavy atom. The topological polar surface area (TPSA) is 73.2 Å². The fraction of sp³-hybridized carbons (Fsp3) is 0.150. The molecule has 1 aromatic heterocycles. The summed E-state index contributed by atoms with van der Waals surface area (Å²) in [5.41, 5.74) is 0.976. The van der Waals surface area contributed by atoms with E-state index in [1.807, 2.05) is 30.3 Å². The number of rotatable bonds is 6. The quantitative estimate of drug-likeness (QED) is 0.726. The molecule has 1 heterocycles. The molecule has 0 saturated heterocycles. The first kappa shape index (κ1) is 18.3. The van der Waals surface area contributed by atoms with Crippen LogP contribution in [-0.4, -0.2) is 21.8 Å². The van der Waals surface area contributed by atoms with Crippen LogP contribution in [0.2, 0.25) is 0 Å². The van der Waals surface area contributed by atoms with Crippen molar-refractivity contribution in [1.29, 1.82) is 0 Å². The fourth-order valence-electron chi connectivity index (χ4n) is 2.39. The molecule has 0 spiro atoms. The van der Waals surface area contributed by atoms with E-state index < -0.39 is 17.5 Å². The van der Waals surface area contributed by atoms with Crippen LogP contribution in [0, 0.1) is 5.82 Å². The summed E-state index contributed by atoms with van der Waals surface area (Å²) < 4.78 is 19.7. The Bertz CT molecular complexity index is 972. The molecule has 138 valence electrons. The highest BCUT2D eigenvalue weighted by molar-refractivity contribution is 5.80. The Hall–Kier alpha value is -3.48. The van der Waals surface area contributed by atoms with E-state index in [1.54, 1.807) is 6.92 Å². The van der Waals surface area contributed by atoms with Gasteiger partial charge in [0.25, 0.3) is 11.5 Å². The molecule has 0 fully saturated rings. The molecule has 6 nitrogen and oxygen atoms in total. The zero-order valence-corrected chi connectivity index (χ0v) is 14.6. The van der Waals surface area contributed by atoms with Crippen molar-refractivity contribution < 1.29 is 13.9 Å². The first-order valence-corrected chi connectivity index (χ1v) is 8.37. The molecule has 3 aromatic rings. The minimum absolute atomic E-state index is 0.112. The number of nitrogens with zero attached hydrogens (tertiary/aromatic N) is 2. The van der Waals surface area contributed by atoms with E-state index in [2.05, 4.69) is 10.4 Å². The van der Waals surface area contributed by atoms with Crippen LogP contribution in [0.25, 0.3) is 5.69 Å². The van der Waals surface area contributed by atoms with Crippen molar-refractivity contribution in [1.82, 2.24) is 15.1 Å². The average Bonchev–Trinajstić information content (AvgIpc) is 2.69. The first-order chi connectivity index (χ1) is 13.0. The molecular formula is C20H18FN3O3. The Morgan fingerprint density at radius 3 is 2.52 bits per heavy atom. The Morgan fingerprint density at radius 2 is 1.81 bits per heavy atom. The van der Waals surface area contributed by atoms with Crippen LogP contribution in [0.3, 0.4) is 0 Å². The number of hydrogen-bond donors (Lipinski definition) is 1. The van der Waals surface area contributed by atoms with Crippen molar-refractivity contribution in [2.45, 2.75) is 19.6 Å². The van der Waals surface area contributed by atoms with E-state index >= 15 is 0 Å². The van der Waals surface area contributed by atoms with E-state index in [0.29, 0.717) is 12.2 Å². The van der Waals surface area contributed by atoms with Crippen molar-refractivity contribution in [3.05, 3.63) is 88.5 Å². The van der Waals surface area contributed by atoms with Gasteiger partial charge in [-0.15, -0.1) is 5.10 Å². The molecule has 7 heteroatoms. The lowest BCUT2D eigenvalue weighted by Crippen LogP contribution is -2.36. The predicted molar refractivity (Wildman–Crippen MR) is 98.2 cm³/mol. The summed E-state index contributed by atoms with van der Waals surface area (Å²) in [6, 6.07) is 17.5. The summed E-state index contributed by atoms with van der Waals surface area (Å²) in [6.07, 6.45) is -0.805. The number of halogens is 1. The smallest absolute Gasteiger partial charge is 0.271 e. The molecule has 0 aliphatic carbocycles. The van der Waals surface area contributed by atoms with E-state index in [0.717, 1.165) is 10.2 Å². The van der Waals surface area contributed by atoms with Gasteiger partial charge in [-0.2, -0.15) is 4.68 Å². The normalized spacial score (nSPS) is 11.6. The first-order valence-electron chi connectivity index (χ1n) is 8.37. The maximum absolute atomic E-state index is 13.1. The van der Waals surface area contributed by atoms with Gasteiger partial charge < -0.3 is 10.1 Å². The van der Waals surface area contributed by atoms with Crippen molar-refractivity contribution in [2.24, 2.45) is 0 Å². The number of ether oxygens (including phenoxy) is 1. The molecule has 0 unspecified atom stereocenters. The molecule has 0 saturated carbocycles. The van der Waals surface area contributed by atoms with Crippen LogP contribution in [0.5, 0.6) is 5.88 Å². The van der Waals surface area contributed by atoms with Gasteiger partial charge in [-0.25, -0.2) is 4.39 Å². The number of hydrogen-bond acceptors (Lipinski definition) is 4. The number of benzene rings is 2. The lowest BCUT2D eigenvalue weighted by atomic mass is 10.2. The molecule has 1 amide bonds. The van der Waals surface area contributed by atoms with Gasteiger partial charge in [-0.05, 0) is 36.8 Å². The average molecular weight is 367 g/mol. The zero-order valence-electron chi connectivity index (χ0n) is 14.6. The van der Waals surface area contributed by atoms with E-state index in [9.17, 15) is 14.0 Å². The third kappa shape index (κ3) is 4.78. The third-order valence-corrected chi connectivity index (χ3v) is 3.82. The molecule has 27 heavy (non-hydrogen) atoms. The zero-order chi connectivity index (χ0) is 19.2. The highest BCUT2D eigenvalue weighted by Gasteiger charge is 2.16. The van der Waals surface area contributed by atoms with Crippen LogP contribution in [-0.2, 0) is 11.3 Å². The van der Waals surface area contributed by atoms with E-state index in [4.69, 9.17) is 4.74 Å². The lowest BCUT2D eigenvalue weighted by Gasteiger charge is -2.15. The van der Waals surface area contributed by atoms with Crippen molar-refractivity contribution in [3.8, 4) is 11.6 Å². The van der Waals surface area contributed by atoms with Gasteiger partial charge >= 0.3 is 0 Å². The van der Waals surface area contributed by atoms with E-state index in [1.165, 1.54) is 36.4 Å². The summed E-state index contributed by atoms with van der Waals surface area (Å²) in [4.78, 5) is 24.2. The molecule has 2 aromatic carbocycles. The number of nitrogens with one attached hydrogen (secondary N) is 1. The van der Waals surface area contributed by atoms with Crippen molar-refractivity contribution in [3.63, 3.8) is 0 Å². The summed E-state index contributed by atoms with van der Waals surface area (Å²) >= 11 is 0. The predicted octanol–water partition coefficient (Wildman–Crippen LogP) is 2.46. The minimum Gasteiger partial charge on any atom is -0.464 e. The summed E-state index contributed by atoms with van der Waals surface area (Å²) in [6.45, 7) is 1.98. The van der Waals surface area contributed by atoms with Gasteiger partial charge in [-0.3, -0.25) is 9.59 Å². The Kier molecular flexibility index (Phi) is 5.61. The van der Waals surface area contributed by atoms with Gasteiger partial charge in [0.15, 0.2) is 6.10 Å². The number of amides is 1. The number of carbonyl (C=O) groups is 1. The molecule has 1 atom stereocenters. The van der Waals surface area contributed by atoms with Crippen LogP contribution in [0.4, 0.5) is 4.39 Å². The third-order valence-electron chi connectivity index (χ3n) is 3.82. The SMILES string of the molecule is C[C@H](Oc1ccc(=O)n(-c2ccc(F)cc2)n1)C(=O)NCc1ccccc1. The van der Waals surface area contributed by atoms with Crippen LogP contribution >= 0.6 is 0 Å². The Labute approximate surface area is 155 Å². The standard InChI is InChI=1S/C20H18FN3O3/c1-14(20(26)22-13-15-5-3-2-4-6-15)27-18-11-12-19(25)24(23-18)17-9-7-16(21)8-10-17/h2-12,14H,13H2,1H3,(H,22,26)/t14-/m0/s1. The number of carbonyl (C=O) groups excluding carboxylic acids is 1. The second-order valence-electron chi connectivity index (χ2n) is 5.86. The highest BCUT2D eigenvalue weighted by Crippen LogP contribution is 2.10. The van der Waals surface area contributed by atoms with Gasteiger partial charge in [0.1, 0.15) is 5.82 Å². The second kappa shape index (κ2) is 8.27. The molecule has 0 radical (unpaired) electrons.